The van der Waals surface area contributed by atoms with E-state index < -0.39 is 0 Å². The highest BCUT2D eigenvalue weighted by Gasteiger charge is 2.23. The van der Waals surface area contributed by atoms with E-state index in [9.17, 15) is 9.59 Å². The van der Waals surface area contributed by atoms with Crippen LogP contribution < -0.4 is 10.9 Å². The Hall–Kier alpha value is -2.51. The Bertz CT molecular complexity index is 1190. The molecule has 1 aliphatic rings. The molecule has 2 heterocycles. The van der Waals surface area contributed by atoms with Crippen LogP contribution in [0.3, 0.4) is 0 Å². The highest BCUT2D eigenvalue weighted by molar-refractivity contribution is 8.00. The van der Waals surface area contributed by atoms with Gasteiger partial charge in [-0.05, 0) is 74.2 Å². The van der Waals surface area contributed by atoms with Gasteiger partial charge in [0.1, 0.15) is 0 Å². The lowest BCUT2D eigenvalue weighted by Gasteiger charge is -2.15. The largest absolute Gasteiger partial charge is 0.325 e. The van der Waals surface area contributed by atoms with Crippen LogP contribution in [0.2, 0.25) is 0 Å². The first-order valence-electron chi connectivity index (χ1n) is 10.2. The van der Waals surface area contributed by atoms with Gasteiger partial charge in [0.15, 0.2) is 5.16 Å². The van der Waals surface area contributed by atoms with Crippen molar-refractivity contribution in [1.29, 1.82) is 0 Å². The second kappa shape index (κ2) is 8.93. The molecule has 160 valence electrons. The summed E-state index contributed by atoms with van der Waals surface area (Å²) in [6.07, 6.45) is 0.783. The fourth-order valence-electron chi connectivity index (χ4n) is 3.87. The van der Waals surface area contributed by atoms with Gasteiger partial charge in [0.05, 0.1) is 22.0 Å². The maximum atomic E-state index is 13.3. The lowest BCUT2D eigenvalue weighted by molar-refractivity contribution is -0.113. The van der Waals surface area contributed by atoms with Crippen molar-refractivity contribution in [2.45, 2.75) is 44.2 Å². The maximum Gasteiger partial charge on any atom is 0.272 e. The molecule has 0 saturated heterocycles. The molecular formula is C24H25N3O2S2. The Kier molecular flexibility index (Phi) is 6.25. The molecule has 0 bridgehead atoms. The molecule has 5 nitrogen and oxygen atoms in total. The minimum atomic E-state index is -0.119. The molecule has 0 fully saturated rings. The molecular weight excluding hydrogens is 426 g/mol. The molecule has 0 atom stereocenters. The van der Waals surface area contributed by atoms with Crippen LogP contribution in [0.25, 0.3) is 5.69 Å². The van der Waals surface area contributed by atoms with E-state index in [1.54, 1.807) is 16.3 Å². The Balaban J connectivity index is 1.64. The van der Waals surface area contributed by atoms with E-state index in [1.807, 2.05) is 52.0 Å². The fraction of sp³-hybridized carbons (Fsp3) is 0.292. The summed E-state index contributed by atoms with van der Waals surface area (Å²) in [5.41, 5.74) is 6.74. The number of aryl methyl sites for hydroxylation is 5. The minimum absolute atomic E-state index is 0.0466. The summed E-state index contributed by atoms with van der Waals surface area (Å²) in [5, 5.41) is 3.52. The van der Waals surface area contributed by atoms with Gasteiger partial charge in [-0.15, -0.1) is 11.8 Å². The Morgan fingerprint density at radius 2 is 1.65 bits per heavy atom. The molecule has 0 radical (unpaired) electrons. The number of nitrogens with one attached hydrogen (secondary N) is 1. The topological polar surface area (TPSA) is 64.0 Å². The van der Waals surface area contributed by atoms with Crippen LogP contribution in [0.1, 0.15) is 27.9 Å². The molecule has 3 aromatic rings. The van der Waals surface area contributed by atoms with E-state index in [0.29, 0.717) is 5.16 Å². The van der Waals surface area contributed by atoms with Crippen LogP contribution in [-0.2, 0) is 11.2 Å². The Labute approximate surface area is 190 Å². The van der Waals surface area contributed by atoms with Crippen molar-refractivity contribution < 1.29 is 4.79 Å². The normalized spacial score (nSPS) is 12.6. The van der Waals surface area contributed by atoms with E-state index in [1.165, 1.54) is 11.8 Å². The van der Waals surface area contributed by atoms with Crippen molar-refractivity contribution in [2.75, 3.05) is 16.8 Å². The van der Waals surface area contributed by atoms with Crippen LogP contribution in [0.15, 0.2) is 51.2 Å². The number of rotatable bonds is 5. The molecule has 4 rings (SSSR count). The Morgan fingerprint density at radius 1 is 1.03 bits per heavy atom. The zero-order valence-electron chi connectivity index (χ0n) is 18.1. The number of thioether (sulfide) groups is 2. The first-order valence-corrected chi connectivity index (χ1v) is 12.2. The predicted molar refractivity (Wildman–Crippen MR) is 129 cm³/mol. The molecule has 0 aliphatic carbocycles. The molecule has 1 aliphatic heterocycles. The summed E-state index contributed by atoms with van der Waals surface area (Å²) in [6, 6.07) is 12.0. The standard InChI is InChI=1S/C24H25N3O2S2/c1-14-7-15(2)10-18(9-14)25-21(28)13-31-24-26-20-5-6-30-22(20)23(29)27(24)19-11-16(3)8-17(4)12-19/h7-12H,5-6,13H2,1-4H3,(H,25,28). The summed E-state index contributed by atoms with van der Waals surface area (Å²) in [7, 11) is 0. The number of nitrogens with zero attached hydrogens (tertiary/aromatic N) is 2. The summed E-state index contributed by atoms with van der Waals surface area (Å²) in [4.78, 5) is 31.4. The van der Waals surface area contributed by atoms with E-state index in [0.717, 1.165) is 56.4 Å². The number of hydrogen-bond acceptors (Lipinski definition) is 5. The molecule has 0 spiro atoms. The molecule has 0 unspecified atom stereocenters. The van der Waals surface area contributed by atoms with Crippen LogP contribution in [0, 0.1) is 27.7 Å². The lowest BCUT2D eigenvalue weighted by Crippen LogP contribution is -2.25. The van der Waals surface area contributed by atoms with Crippen molar-refractivity contribution in [3.63, 3.8) is 0 Å². The van der Waals surface area contributed by atoms with Gasteiger partial charge >= 0.3 is 0 Å². The average Bonchev–Trinajstić information content (AvgIpc) is 3.13. The predicted octanol–water partition coefficient (Wildman–Crippen LogP) is 4.85. The van der Waals surface area contributed by atoms with Gasteiger partial charge in [-0.3, -0.25) is 14.2 Å². The van der Waals surface area contributed by atoms with Crippen LogP contribution in [0.4, 0.5) is 5.69 Å². The summed E-state index contributed by atoms with van der Waals surface area (Å²) in [6.45, 7) is 8.04. The van der Waals surface area contributed by atoms with Gasteiger partial charge in [0.2, 0.25) is 5.91 Å². The molecule has 1 N–H and O–H groups in total. The van der Waals surface area contributed by atoms with Crippen molar-refractivity contribution in [2.24, 2.45) is 0 Å². The van der Waals surface area contributed by atoms with Crippen LogP contribution in [0.5, 0.6) is 0 Å². The fourth-order valence-corrected chi connectivity index (χ4v) is 5.72. The molecule has 1 aromatic heterocycles. The van der Waals surface area contributed by atoms with E-state index in [-0.39, 0.29) is 17.2 Å². The number of amides is 1. The zero-order valence-corrected chi connectivity index (χ0v) is 19.7. The first kappa shape index (κ1) is 21.7. The van der Waals surface area contributed by atoms with Gasteiger partial charge in [0.25, 0.3) is 5.56 Å². The smallest absolute Gasteiger partial charge is 0.272 e. The molecule has 2 aromatic carbocycles. The van der Waals surface area contributed by atoms with Gasteiger partial charge in [-0.2, -0.15) is 0 Å². The minimum Gasteiger partial charge on any atom is -0.325 e. The van der Waals surface area contributed by atoms with E-state index in [2.05, 4.69) is 17.4 Å². The van der Waals surface area contributed by atoms with Crippen LogP contribution in [-0.4, -0.2) is 27.0 Å². The third-order valence-electron chi connectivity index (χ3n) is 4.97. The lowest BCUT2D eigenvalue weighted by atomic mass is 10.1. The highest BCUT2D eigenvalue weighted by atomic mass is 32.2. The van der Waals surface area contributed by atoms with Crippen LogP contribution >= 0.6 is 23.5 Å². The van der Waals surface area contributed by atoms with Crippen molar-refractivity contribution >= 4 is 35.1 Å². The molecule has 31 heavy (non-hydrogen) atoms. The quantitative estimate of drug-likeness (QED) is 0.444. The molecule has 0 saturated carbocycles. The number of carbonyl (C=O) groups is 1. The third-order valence-corrected chi connectivity index (χ3v) is 7.01. The zero-order chi connectivity index (χ0) is 22.1. The SMILES string of the molecule is Cc1cc(C)cc(NC(=O)CSc2nc3c(c(=O)n2-c2cc(C)cc(C)c2)SCC3)c1. The summed E-state index contributed by atoms with van der Waals surface area (Å²) in [5.74, 6) is 0.924. The van der Waals surface area contributed by atoms with Crippen molar-refractivity contribution in [1.82, 2.24) is 9.55 Å². The average molecular weight is 452 g/mol. The number of carbonyl (C=O) groups excluding carboxylic acids is 1. The van der Waals surface area contributed by atoms with E-state index in [4.69, 9.17) is 4.98 Å². The number of benzene rings is 2. The Morgan fingerprint density at radius 3 is 2.29 bits per heavy atom. The van der Waals surface area contributed by atoms with E-state index >= 15 is 0 Å². The monoisotopic (exact) mass is 451 g/mol. The van der Waals surface area contributed by atoms with Crippen molar-refractivity contribution in [3.8, 4) is 5.69 Å². The summed E-state index contributed by atoms with van der Waals surface area (Å²) < 4.78 is 1.66. The van der Waals surface area contributed by atoms with Gasteiger partial charge in [0, 0.05) is 17.9 Å². The van der Waals surface area contributed by atoms with Gasteiger partial charge in [-0.25, -0.2) is 4.98 Å². The van der Waals surface area contributed by atoms with Gasteiger partial charge < -0.3 is 5.32 Å². The number of anilines is 1. The first-order chi connectivity index (χ1) is 14.8. The third kappa shape index (κ3) is 4.88. The number of fused-ring (bicyclic) bond motifs is 1. The second-order valence-corrected chi connectivity index (χ2v) is 10.0. The van der Waals surface area contributed by atoms with Gasteiger partial charge in [-0.1, -0.05) is 23.9 Å². The molecule has 1 amide bonds. The summed E-state index contributed by atoms with van der Waals surface area (Å²) >= 11 is 2.86. The number of aromatic nitrogens is 2. The van der Waals surface area contributed by atoms with Crippen molar-refractivity contribution in [3.05, 3.63) is 74.7 Å². The molecule has 7 heteroatoms. The number of hydrogen-bond donors (Lipinski definition) is 1. The highest BCUT2D eigenvalue weighted by Crippen LogP contribution is 2.30. The maximum absolute atomic E-state index is 13.3. The second-order valence-electron chi connectivity index (χ2n) is 7.97.